The number of nitrogens with zero attached hydrogens (tertiary/aromatic N) is 3. The van der Waals surface area contributed by atoms with Gasteiger partial charge in [0, 0.05) is 42.3 Å². The first-order valence-corrected chi connectivity index (χ1v) is 9.71. The summed E-state index contributed by atoms with van der Waals surface area (Å²) in [7, 11) is 1.66. The third-order valence-corrected chi connectivity index (χ3v) is 5.39. The fourth-order valence-electron chi connectivity index (χ4n) is 3.34. The molecule has 27 heavy (non-hydrogen) atoms. The van der Waals surface area contributed by atoms with Crippen LogP contribution in [0.3, 0.4) is 0 Å². The number of ether oxygens (including phenoxy) is 1. The van der Waals surface area contributed by atoms with E-state index in [2.05, 4.69) is 30.8 Å². The number of carbonyl (C=O) groups is 1. The molecule has 1 aliphatic rings. The Balaban J connectivity index is 1.36. The third-order valence-electron chi connectivity index (χ3n) is 4.86. The number of piperazine rings is 1. The number of halogens is 1. The zero-order valence-electron chi connectivity index (χ0n) is 15.1. The Morgan fingerprint density at radius 2 is 1.89 bits per heavy atom. The molecule has 1 N–H and O–H groups in total. The number of hydrogen-bond acceptors (Lipinski definition) is 4. The number of imidazole rings is 1. The summed E-state index contributed by atoms with van der Waals surface area (Å²) in [5.41, 5.74) is 2.65. The van der Waals surface area contributed by atoms with Crippen molar-refractivity contribution in [2.45, 2.75) is 6.54 Å². The maximum atomic E-state index is 12.6. The van der Waals surface area contributed by atoms with E-state index in [9.17, 15) is 4.79 Å². The number of aromatic nitrogens is 2. The van der Waals surface area contributed by atoms with E-state index in [1.165, 1.54) is 0 Å². The van der Waals surface area contributed by atoms with Crippen molar-refractivity contribution >= 4 is 32.9 Å². The van der Waals surface area contributed by atoms with Gasteiger partial charge in [-0.25, -0.2) is 4.98 Å². The van der Waals surface area contributed by atoms with Crippen molar-refractivity contribution in [3.8, 4) is 5.75 Å². The highest BCUT2D eigenvalue weighted by Crippen LogP contribution is 2.20. The molecular weight excluding hydrogens is 408 g/mol. The second kappa shape index (κ2) is 7.70. The minimum Gasteiger partial charge on any atom is -0.497 e. The molecule has 1 aromatic heterocycles. The van der Waals surface area contributed by atoms with Gasteiger partial charge in [-0.3, -0.25) is 9.69 Å². The monoisotopic (exact) mass is 428 g/mol. The number of fused-ring (bicyclic) bond motifs is 1. The molecule has 140 valence electrons. The lowest BCUT2D eigenvalue weighted by atomic mass is 10.2. The van der Waals surface area contributed by atoms with Crippen molar-refractivity contribution < 1.29 is 9.53 Å². The maximum Gasteiger partial charge on any atom is 0.253 e. The van der Waals surface area contributed by atoms with Gasteiger partial charge in [0.1, 0.15) is 11.6 Å². The predicted octanol–water partition coefficient (Wildman–Crippen LogP) is 3.29. The fraction of sp³-hybridized carbons (Fsp3) is 0.300. The first-order chi connectivity index (χ1) is 13.1. The van der Waals surface area contributed by atoms with E-state index in [1.54, 1.807) is 7.11 Å². The first-order valence-electron chi connectivity index (χ1n) is 8.92. The number of benzene rings is 2. The van der Waals surface area contributed by atoms with Crippen LogP contribution in [0.1, 0.15) is 16.2 Å². The van der Waals surface area contributed by atoms with Crippen molar-refractivity contribution in [1.82, 2.24) is 19.8 Å². The van der Waals surface area contributed by atoms with Crippen LogP contribution in [-0.4, -0.2) is 59.0 Å². The van der Waals surface area contributed by atoms with Crippen LogP contribution in [0.15, 0.2) is 46.9 Å². The summed E-state index contributed by atoms with van der Waals surface area (Å²) in [6, 6.07) is 13.4. The zero-order valence-corrected chi connectivity index (χ0v) is 16.7. The molecule has 0 aliphatic carbocycles. The Labute approximate surface area is 166 Å². The van der Waals surface area contributed by atoms with Crippen LogP contribution >= 0.6 is 15.9 Å². The molecule has 7 heteroatoms. The van der Waals surface area contributed by atoms with Crippen LogP contribution in [0.25, 0.3) is 11.0 Å². The van der Waals surface area contributed by atoms with Gasteiger partial charge in [0.25, 0.3) is 5.91 Å². The zero-order chi connectivity index (χ0) is 18.8. The lowest BCUT2D eigenvalue weighted by molar-refractivity contribution is 0.0626. The molecule has 1 aliphatic heterocycles. The van der Waals surface area contributed by atoms with Crippen LogP contribution in [0, 0.1) is 0 Å². The first kappa shape index (κ1) is 18.0. The summed E-state index contributed by atoms with van der Waals surface area (Å²) in [4.78, 5) is 24.9. The second-order valence-corrected chi connectivity index (χ2v) is 7.56. The van der Waals surface area contributed by atoms with Gasteiger partial charge in [0.15, 0.2) is 0 Å². The molecular formula is C20H21BrN4O2. The number of rotatable bonds is 4. The molecule has 2 aromatic carbocycles. The molecule has 1 fully saturated rings. The molecule has 0 radical (unpaired) electrons. The lowest BCUT2D eigenvalue weighted by Crippen LogP contribution is -2.48. The molecule has 0 atom stereocenters. The summed E-state index contributed by atoms with van der Waals surface area (Å²) in [5.74, 6) is 1.85. The third kappa shape index (κ3) is 3.99. The van der Waals surface area contributed by atoms with E-state index >= 15 is 0 Å². The van der Waals surface area contributed by atoms with Crippen LogP contribution < -0.4 is 4.74 Å². The highest BCUT2D eigenvalue weighted by Gasteiger charge is 2.22. The van der Waals surface area contributed by atoms with Crippen LogP contribution in [0.2, 0.25) is 0 Å². The average molecular weight is 429 g/mol. The van der Waals surface area contributed by atoms with Crippen molar-refractivity contribution in [3.05, 3.63) is 58.3 Å². The van der Waals surface area contributed by atoms with Gasteiger partial charge < -0.3 is 14.6 Å². The fourth-order valence-corrected chi connectivity index (χ4v) is 3.60. The smallest absolute Gasteiger partial charge is 0.253 e. The van der Waals surface area contributed by atoms with Gasteiger partial charge in [-0.15, -0.1) is 0 Å². The van der Waals surface area contributed by atoms with E-state index in [0.29, 0.717) is 0 Å². The highest BCUT2D eigenvalue weighted by molar-refractivity contribution is 9.10. The van der Waals surface area contributed by atoms with Gasteiger partial charge in [-0.1, -0.05) is 15.9 Å². The molecule has 2 heterocycles. The molecule has 6 nitrogen and oxygen atoms in total. The van der Waals surface area contributed by atoms with Crippen LogP contribution in [0.4, 0.5) is 0 Å². The number of hydrogen-bond donors (Lipinski definition) is 1. The topological polar surface area (TPSA) is 61.5 Å². The number of methoxy groups -OCH3 is 1. The standard InChI is InChI=1S/C20H21BrN4O2/c1-27-16-6-7-17-18(12-16)23-19(22-17)13-24-8-10-25(11-9-24)20(26)14-2-4-15(21)5-3-14/h2-7,12H,8-11,13H2,1H3,(H,22,23). The van der Waals surface area contributed by atoms with Gasteiger partial charge in [-0.2, -0.15) is 0 Å². The van der Waals surface area contributed by atoms with Crippen LogP contribution in [-0.2, 0) is 6.54 Å². The maximum absolute atomic E-state index is 12.6. The molecule has 0 spiro atoms. The van der Waals surface area contributed by atoms with E-state index in [-0.39, 0.29) is 5.91 Å². The summed E-state index contributed by atoms with van der Waals surface area (Å²) in [5, 5.41) is 0. The molecule has 4 rings (SSSR count). The Morgan fingerprint density at radius 3 is 2.59 bits per heavy atom. The second-order valence-electron chi connectivity index (χ2n) is 6.64. The van der Waals surface area contributed by atoms with E-state index in [0.717, 1.165) is 65.4 Å². The van der Waals surface area contributed by atoms with Crippen molar-refractivity contribution in [3.63, 3.8) is 0 Å². The summed E-state index contributed by atoms with van der Waals surface area (Å²) < 4.78 is 6.24. The number of carbonyl (C=O) groups excluding carboxylic acids is 1. The number of aromatic amines is 1. The minimum absolute atomic E-state index is 0.0954. The Kier molecular flexibility index (Phi) is 5.13. The summed E-state index contributed by atoms with van der Waals surface area (Å²) >= 11 is 3.40. The quantitative estimate of drug-likeness (QED) is 0.692. The summed E-state index contributed by atoms with van der Waals surface area (Å²) in [6.07, 6.45) is 0. The molecule has 1 saturated heterocycles. The highest BCUT2D eigenvalue weighted by atomic mass is 79.9. The van der Waals surface area contributed by atoms with Gasteiger partial charge in [0.05, 0.1) is 24.7 Å². The van der Waals surface area contributed by atoms with Crippen molar-refractivity contribution in [2.75, 3.05) is 33.3 Å². The van der Waals surface area contributed by atoms with Crippen molar-refractivity contribution in [1.29, 1.82) is 0 Å². The largest absolute Gasteiger partial charge is 0.497 e. The number of amides is 1. The molecule has 0 saturated carbocycles. The van der Waals surface area contributed by atoms with E-state index in [1.807, 2.05) is 47.4 Å². The van der Waals surface area contributed by atoms with Gasteiger partial charge in [-0.05, 0) is 36.4 Å². The minimum atomic E-state index is 0.0954. The van der Waals surface area contributed by atoms with E-state index < -0.39 is 0 Å². The molecule has 1 amide bonds. The Bertz CT molecular complexity index is 946. The van der Waals surface area contributed by atoms with Crippen LogP contribution in [0.5, 0.6) is 5.75 Å². The Hall–Kier alpha value is -2.38. The molecule has 3 aromatic rings. The summed E-state index contributed by atoms with van der Waals surface area (Å²) in [6.45, 7) is 3.87. The molecule has 0 bridgehead atoms. The lowest BCUT2D eigenvalue weighted by Gasteiger charge is -2.34. The SMILES string of the molecule is COc1ccc2nc(CN3CCN(C(=O)c4ccc(Br)cc4)CC3)[nH]c2c1. The van der Waals surface area contributed by atoms with Gasteiger partial charge >= 0.3 is 0 Å². The molecule has 0 unspecified atom stereocenters. The van der Waals surface area contributed by atoms with Crippen molar-refractivity contribution in [2.24, 2.45) is 0 Å². The normalized spacial score (nSPS) is 15.3. The number of nitrogens with one attached hydrogen (secondary N) is 1. The number of H-pyrrole nitrogens is 1. The van der Waals surface area contributed by atoms with E-state index in [4.69, 9.17) is 4.74 Å². The van der Waals surface area contributed by atoms with Gasteiger partial charge in [0.2, 0.25) is 0 Å². The average Bonchev–Trinajstić information content (AvgIpc) is 3.10. The predicted molar refractivity (Wildman–Crippen MR) is 108 cm³/mol. The Morgan fingerprint density at radius 1 is 1.15 bits per heavy atom.